The fourth-order valence-electron chi connectivity index (χ4n) is 1.21. The topological polar surface area (TPSA) is 34.1 Å². The summed E-state index contributed by atoms with van der Waals surface area (Å²) in [5, 5.41) is 6.55. The highest BCUT2D eigenvalue weighted by atomic mass is 32.1. The molecule has 1 aromatic rings. The SMILES string of the molecule is C=CCOCc1csc(CNCC(C)C)n1. The zero-order valence-corrected chi connectivity index (χ0v) is 10.8. The Labute approximate surface area is 102 Å². The number of rotatable bonds is 8. The lowest BCUT2D eigenvalue weighted by Crippen LogP contribution is -2.18. The van der Waals surface area contributed by atoms with Crippen LogP contribution in [0.3, 0.4) is 0 Å². The van der Waals surface area contributed by atoms with E-state index in [9.17, 15) is 0 Å². The summed E-state index contributed by atoms with van der Waals surface area (Å²) in [4.78, 5) is 4.48. The minimum Gasteiger partial charge on any atom is -0.371 e. The minimum atomic E-state index is 0.576. The zero-order valence-electron chi connectivity index (χ0n) is 10.0. The predicted octanol–water partition coefficient (Wildman–Crippen LogP) is 2.59. The molecule has 0 saturated carbocycles. The van der Waals surface area contributed by atoms with Gasteiger partial charge in [-0.2, -0.15) is 0 Å². The van der Waals surface area contributed by atoms with Crippen LogP contribution < -0.4 is 5.32 Å². The maximum Gasteiger partial charge on any atom is 0.107 e. The van der Waals surface area contributed by atoms with Crippen molar-refractivity contribution < 1.29 is 4.74 Å². The van der Waals surface area contributed by atoms with Crippen LogP contribution >= 0.6 is 11.3 Å². The lowest BCUT2D eigenvalue weighted by molar-refractivity contribution is 0.146. The number of thiazole rings is 1. The molecule has 0 atom stereocenters. The summed E-state index contributed by atoms with van der Waals surface area (Å²) in [7, 11) is 0. The molecule has 16 heavy (non-hydrogen) atoms. The molecular formula is C12H20N2OS. The van der Waals surface area contributed by atoms with Gasteiger partial charge in [0.2, 0.25) is 0 Å². The second kappa shape index (κ2) is 7.54. The van der Waals surface area contributed by atoms with Gasteiger partial charge in [0.05, 0.1) is 18.9 Å². The maximum atomic E-state index is 5.33. The van der Waals surface area contributed by atoms with Crippen LogP contribution in [0.4, 0.5) is 0 Å². The number of ether oxygens (including phenoxy) is 1. The Bertz CT molecular complexity index is 310. The molecule has 0 spiro atoms. The van der Waals surface area contributed by atoms with E-state index in [1.807, 2.05) is 0 Å². The van der Waals surface area contributed by atoms with E-state index in [2.05, 4.69) is 36.1 Å². The highest BCUT2D eigenvalue weighted by Gasteiger charge is 2.02. The molecule has 90 valence electrons. The van der Waals surface area contributed by atoms with Crippen LogP contribution in [0.1, 0.15) is 24.5 Å². The lowest BCUT2D eigenvalue weighted by atomic mass is 10.2. The van der Waals surface area contributed by atoms with Crippen molar-refractivity contribution in [2.75, 3.05) is 13.2 Å². The van der Waals surface area contributed by atoms with E-state index in [1.165, 1.54) is 0 Å². The fourth-order valence-corrected chi connectivity index (χ4v) is 1.96. The average molecular weight is 240 g/mol. The summed E-state index contributed by atoms with van der Waals surface area (Å²) in [6.45, 7) is 11.0. The first-order chi connectivity index (χ1) is 7.72. The Morgan fingerprint density at radius 2 is 2.44 bits per heavy atom. The van der Waals surface area contributed by atoms with E-state index in [-0.39, 0.29) is 0 Å². The number of hydrogen-bond acceptors (Lipinski definition) is 4. The van der Waals surface area contributed by atoms with Gasteiger partial charge in [0.15, 0.2) is 0 Å². The number of nitrogens with one attached hydrogen (secondary N) is 1. The Morgan fingerprint density at radius 3 is 3.12 bits per heavy atom. The van der Waals surface area contributed by atoms with Crippen molar-refractivity contribution in [1.29, 1.82) is 0 Å². The molecule has 1 heterocycles. The Balaban J connectivity index is 2.25. The molecule has 0 radical (unpaired) electrons. The molecule has 4 heteroatoms. The molecule has 0 aliphatic rings. The van der Waals surface area contributed by atoms with Crippen molar-refractivity contribution in [3.8, 4) is 0 Å². The number of aromatic nitrogens is 1. The lowest BCUT2D eigenvalue weighted by Gasteiger charge is -2.04. The van der Waals surface area contributed by atoms with Gasteiger partial charge in [0, 0.05) is 11.9 Å². The molecule has 0 aliphatic carbocycles. The van der Waals surface area contributed by atoms with Gasteiger partial charge in [-0.25, -0.2) is 4.98 Å². The van der Waals surface area contributed by atoms with Crippen LogP contribution in [-0.2, 0) is 17.9 Å². The first kappa shape index (κ1) is 13.4. The Hall–Kier alpha value is -0.710. The van der Waals surface area contributed by atoms with Gasteiger partial charge < -0.3 is 10.1 Å². The molecular weight excluding hydrogens is 220 g/mol. The van der Waals surface area contributed by atoms with Crippen molar-refractivity contribution in [1.82, 2.24) is 10.3 Å². The van der Waals surface area contributed by atoms with E-state index in [4.69, 9.17) is 4.74 Å². The molecule has 3 nitrogen and oxygen atoms in total. The van der Waals surface area contributed by atoms with Gasteiger partial charge in [-0.05, 0) is 12.5 Å². The van der Waals surface area contributed by atoms with Crippen molar-refractivity contribution >= 4 is 11.3 Å². The average Bonchev–Trinajstić information content (AvgIpc) is 2.66. The highest BCUT2D eigenvalue weighted by Crippen LogP contribution is 2.10. The van der Waals surface area contributed by atoms with Gasteiger partial charge in [0.25, 0.3) is 0 Å². The van der Waals surface area contributed by atoms with Crippen LogP contribution in [-0.4, -0.2) is 18.1 Å². The molecule has 1 aromatic heterocycles. The third-order valence-corrected chi connectivity index (χ3v) is 2.81. The Kier molecular flexibility index (Phi) is 6.30. The molecule has 1 N–H and O–H groups in total. The van der Waals surface area contributed by atoms with Crippen LogP contribution in [0.15, 0.2) is 18.0 Å². The van der Waals surface area contributed by atoms with Gasteiger partial charge in [-0.3, -0.25) is 0 Å². The second-order valence-corrected chi connectivity index (χ2v) is 5.00. The van der Waals surface area contributed by atoms with Crippen molar-refractivity contribution in [2.24, 2.45) is 5.92 Å². The molecule has 0 amide bonds. The molecule has 1 rings (SSSR count). The van der Waals surface area contributed by atoms with E-state index in [0.29, 0.717) is 19.1 Å². The summed E-state index contributed by atoms with van der Waals surface area (Å²) in [6, 6.07) is 0. The van der Waals surface area contributed by atoms with Crippen molar-refractivity contribution in [3.05, 3.63) is 28.7 Å². The smallest absolute Gasteiger partial charge is 0.107 e. The largest absolute Gasteiger partial charge is 0.371 e. The van der Waals surface area contributed by atoms with Crippen LogP contribution in [0.5, 0.6) is 0 Å². The first-order valence-corrected chi connectivity index (χ1v) is 6.43. The molecule has 0 bridgehead atoms. The third-order valence-electron chi connectivity index (χ3n) is 1.91. The molecule has 0 aliphatic heterocycles. The number of hydrogen-bond donors (Lipinski definition) is 1. The van der Waals surface area contributed by atoms with E-state index < -0.39 is 0 Å². The van der Waals surface area contributed by atoms with Gasteiger partial charge in [-0.15, -0.1) is 17.9 Å². The minimum absolute atomic E-state index is 0.576. The standard InChI is InChI=1S/C12H20N2OS/c1-4-5-15-8-11-9-16-12(14-11)7-13-6-10(2)3/h4,9-10,13H,1,5-8H2,2-3H3. The summed E-state index contributed by atoms with van der Waals surface area (Å²) < 4.78 is 5.33. The van der Waals surface area contributed by atoms with Crippen molar-refractivity contribution in [2.45, 2.75) is 27.0 Å². The number of nitrogens with zero attached hydrogens (tertiary/aromatic N) is 1. The monoisotopic (exact) mass is 240 g/mol. The summed E-state index contributed by atoms with van der Waals surface area (Å²) in [5.74, 6) is 0.676. The third kappa shape index (κ3) is 5.39. The quantitative estimate of drug-likeness (QED) is 0.560. The van der Waals surface area contributed by atoms with Gasteiger partial charge in [0.1, 0.15) is 5.01 Å². The van der Waals surface area contributed by atoms with Crippen molar-refractivity contribution in [3.63, 3.8) is 0 Å². The summed E-state index contributed by atoms with van der Waals surface area (Å²) in [5.41, 5.74) is 1.01. The zero-order chi connectivity index (χ0) is 11.8. The highest BCUT2D eigenvalue weighted by molar-refractivity contribution is 7.09. The fraction of sp³-hybridized carbons (Fsp3) is 0.583. The molecule has 0 unspecified atom stereocenters. The first-order valence-electron chi connectivity index (χ1n) is 5.55. The van der Waals surface area contributed by atoms with Gasteiger partial charge in [-0.1, -0.05) is 19.9 Å². The van der Waals surface area contributed by atoms with E-state index in [1.54, 1.807) is 17.4 Å². The molecule has 0 saturated heterocycles. The van der Waals surface area contributed by atoms with Gasteiger partial charge >= 0.3 is 0 Å². The van der Waals surface area contributed by atoms with Crippen LogP contribution in [0.25, 0.3) is 0 Å². The van der Waals surface area contributed by atoms with E-state index >= 15 is 0 Å². The normalized spacial score (nSPS) is 10.9. The predicted molar refractivity (Wildman–Crippen MR) is 68.5 cm³/mol. The molecule has 0 aromatic carbocycles. The second-order valence-electron chi connectivity index (χ2n) is 4.06. The Morgan fingerprint density at radius 1 is 1.62 bits per heavy atom. The van der Waals surface area contributed by atoms with Crippen LogP contribution in [0, 0.1) is 5.92 Å². The maximum absolute atomic E-state index is 5.33. The van der Waals surface area contributed by atoms with Crippen LogP contribution in [0.2, 0.25) is 0 Å². The molecule has 0 fully saturated rings. The van der Waals surface area contributed by atoms with E-state index in [0.717, 1.165) is 23.8 Å². The summed E-state index contributed by atoms with van der Waals surface area (Å²) in [6.07, 6.45) is 1.75. The summed E-state index contributed by atoms with van der Waals surface area (Å²) >= 11 is 1.68.